The molecule has 4 saturated carbocycles. The Morgan fingerprint density at radius 3 is 2.35 bits per heavy atom. The van der Waals surface area contributed by atoms with E-state index in [1.807, 2.05) is 0 Å². The minimum atomic E-state index is -0.682. The SMILES string of the molecule is CCC[C@H](NC(=O)C12CC3CC(CC(C3)C1)C2)c1ccc(C(=O)NO)o1. The molecule has 1 aromatic rings. The third-order valence-electron chi connectivity index (χ3n) is 6.70. The molecule has 1 heterocycles. The van der Waals surface area contributed by atoms with Crippen LogP contribution in [0, 0.1) is 23.2 Å². The van der Waals surface area contributed by atoms with E-state index in [0.29, 0.717) is 5.76 Å². The molecule has 6 nitrogen and oxygen atoms in total. The molecule has 0 spiro atoms. The molecule has 1 aromatic heterocycles. The van der Waals surface area contributed by atoms with E-state index in [1.165, 1.54) is 25.3 Å². The van der Waals surface area contributed by atoms with Crippen molar-refractivity contribution in [3.05, 3.63) is 23.7 Å². The van der Waals surface area contributed by atoms with Crippen molar-refractivity contribution < 1.29 is 19.2 Å². The van der Waals surface area contributed by atoms with E-state index in [0.717, 1.165) is 49.9 Å². The van der Waals surface area contributed by atoms with Gasteiger partial charge in [0, 0.05) is 5.41 Å². The van der Waals surface area contributed by atoms with Crippen molar-refractivity contribution in [3.8, 4) is 0 Å². The maximum atomic E-state index is 13.3. The van der Waals surface area contributed by atoms with Gasteiger partial charge in [0.25, 0.3) is 0 Å². The average Bonchev–Trinajstić information content (AvgIpc) is 3.09. The number of hydrogen-bond donors (Lipinski definition) is 3. The van der Waals surface area contributed by atoms with Crippen molar-refractivity contribution in [3.63, 3.8) is 0 Å². The second-order valence-electron chi connectivity index (χ2n) is 8.66. The van der Waals surface area contributed by atoms with E-state index in [9.17, 15) is 9.59 Å². The Morgan fingerprint density at radius 2 is 1.81 bits per heavy atom. The molecule has 4 aliphatic carbocycles. The molecule has 3 N–H and O–H groups in total. The first-order chi connectivity index (χ1) is 12.5. The van der Waals surface area contributed by atoms with Gasteiger partial charge in [-0.25, -0.2) is 5.48 Å². The molecule has 0 saturated heterocycles. The van der Waals surface area contributed by atoms with Crippen LogP contribution in [0.1, 0.15) is 80.6 Å². The lowest BCUT2D eigenvalue weighted by molar-refractivity contribution is -0.147. The number of amides is 2. The van der Waals surface area contributed by atoms with Gasteiger partial charge in [-0.1, -0.05) is 13.3 Å². The van der Waals surface area contributed by atoms with Gasteiger partial charge in [0.2, 0.25) is 5.91 Å². The molecule has 2 amide bonds. The Hall–Kier alpha value is -1.82. The summed E-state index contributed by atoms with van der Waals surface area (Å²) in [4.78, 5) is 24.8. The van der Waals surface area contributed by atoms with Crippen LogP contribution in [0.4, 0.5) is 0 Å². The highest BCUT2D eigenvalue weighted by atomic mass is 16.5. The van der Waals surface area contributed by atoms with Crippen LogP contribution in [0.5, 0.6) is 0 Å². The molecule has 0 unspecified atom stereocenters. The highest BCUT2D eigenvalue weighted by Crippen LogP contribution is 2.60. The van der Waals surface area contributed by atoms with Crippen LogP contribution in [-0.4, -0.2) is 17.0 Å². The summed E-state index contributed by atoms with van der Waals surface area (Å²) in [7, 11) is 0. The van der Waals surface area contributed by atoms with Crippen LogP contribution in [0.15, 0.2) is 16.5 Å². The van der Waals surface area contributed by atoms with Crippen molar-refractivity contribution in [1.82, 2.24) is 10.8 Å². The summed E-state index contributed by atoms with van der Waals surface area (Å²) in [5.41, 5.74) is 1.38. The largest absolute Gasteiger partial charge is 0.454 e. The summed E-state index contributed by atoms with van der Waals surface area (Å²) in [6.45, 7) is 2.06. The number of furan rings is 1. The van der Waals surface area contributed by atoms with Crippen LogP contribution < -0.4 is 10.8 Å². The van der Waals surface area contributed by atoms with Gasteiger partial charge in [-0.3, -0.25) is 14.8 Å². The molecule has 142 valence electrons. The first-order valence-electron chi connectivity index (χ1n) is 9.88. The minimum absolute atomic E-state index is 0.0488. The van der Waals surface area contributed by atoms with E-state index in [1.54, 1.807) is 11.5 Å². The fourth-order valence-corrected chi connectivity index (χ4v) is 5.99. The number of carbonyl (C=O) groups is 2. The lowest BCUT2D eigenvalue weighted by atomic mass is 9.49. The third kappa shape index (κ3) is 3.04. The van der Waals surface area contributed by atoms with Gasteiger partial charge >= 0.3 is 5.91 Å². The van der Waals surface area contributed by atoms with E-state index in [-0.39, 0.29) is 23.1 Å². The molecular weight excluding hydrogens is 332 g/mol. The first kappa shape index (κ1) is 17.6. The molecule has 4 fully saturated rings. The lowest BCUT2D eigenvalue weighted by Gasteiger charge is -2.55. The van der Waals surface area contributed by atoms with E-state index in [4.69, 9.17) is 9.62 Å². The Kier molecular flexibility index (Phi) is 4.55. The summed E-state index contributed by atoms with van der Waals surface area (Å²) in [5, 5.41) is 12.0. The number of hydroxylamine groups is 1. The molecular formula is C20H28N2O4. The zero-order valence-electron chi connectivity index (χ0n) is 15.3. The number of nitrogens with one attached hydrogen (secondary N) is 2. The standard InChI is InChI=1S/C20H28N2O4/c1-2-3-15(16-4-5-17(26-16)18(23)22-25)21-19(24)20-9-12-6-13(10-20)8-14(7-12)11-20/h4-5,12-15,25H,2-3,6-11H2,1H3,(H,21,24)(H,22,23)/t12?,13?,14?,15-,20?/m0/s1. The topological polar surface area (TPSA) is 91.6 Å². The van der Waals surface area contributed by atoms with Crippen LogP contribution in [0.25, 0.3) is 0 Å². The summed E-state index contributed by atoms with van der Waals surface area (Å²) in [6.07, 6.45) is 8.66. The Morgan fingerprint density at radius 1 is 1.19 bits per heavy atom. The minimum Gasteiger partial charge on any atom is -0.454 e. The predicted octanol–water partition coefficient (Wildman–Crippen LogP) is 3.57. The quantitative estimate of drug-likeness (QED) is 0.534. The van der Waals surface area contributed by atoms with Gasteiger partial charge in [-0.15, -0.1) is 0 Å². The Labute approximate surface area is 153 Å². The number of rotatable bonds is 6. The molecule has 0 radical (unpaired) electrons. The van der Waals surface area contributed by atoms with E-state index < -0.39 is 5.91 Å². The van der Waals surface area contributed by atoms with Gasteiger partial charge < -0.3 is 9.73 Å². The van der Waals surface area contributed by atoms with Crippen molar-refractivity contribution >= 4 is 11.8 Å². The molecule has 4 bridgehead atoms. The monoisotopic (exact) mass is 360 g/mol. The average molecular weight is 360 g/mol. The second-order valence-corrected chi connectivity index (χ2v) is 8.66. The Bertz CT molecular complexity index is 660. The first-order valence-corrected chi connectivity index (χ1v) is 9.88. The summed E-state index contributed by atoms with van der Waals surface area (Å²) >= 11 is 0. The summed E-state index contributed by atoms with van der Waals surface area (Å²) < 4.78 is 5.58. The van der Waals surface area contributed by atoms with Gasteiger partial charge in [-0.05, 0) is 74.8 Å². The zero-order chi connectivity index (χ0) is 18.3. The van der Waals surface area contributed by atoms with Crippen molar-refractivity contribution in [2.45, 2.75) is 64.3 Å². The van der Waals surface area contributed by atoms with E-state index in [2.05, 4.69) is 12.2 Å². The smallest absolute Gasteiger partial charge is 0.310 e. The highest BCUT2D eigenvalue weighted by Gasteiger charge is 2.54. The van der Waals surface area contributed by atoms with Gasteiger partial charge in [0.1, 0.15) is 5.76 Å². The maximum Gasteiger partial charge on any atom is 0.310 e. The van der Waals surface area contributed by atoms with Crippen LogP contribution in [-0.2, 0) is 4.79 Å². The summed E-state index contributed by atoms with van der Waals surface area (Å²) in [6, 6.07) is 3.01. The van der Waals surface area contributed by atoms with Crippen LogP contribution >= 0.6 is 0 Å². The van der Waals surface area contributed by atoms with Crippen molar-refractivity contribution in [2.24, 2.45) is 23.2 Å². The highest BCUT2D eigenvalue weighted by molar-refractivity contribution is 5.90. The Balaban J connectivity index is 1.50. The predicted molar refractivity (Wildman–Crippen MR) is 94.4 cm³/mol. The summed E-state index contributed by atoms with van der Waals surface area (Å²) in [5.74, 6) is 2.27. The fraction of sp³-hybridized carbons (Fsp3) is 0.700. The zero-order valence-corrected chi connectivity index (χ0v) is 15.3. The van der Waals surface area contributed by atoms with Crippen molar-refractivity contribution in [1.29, 1.82) is 0 Å². The van der Waals surface area contributed by atoms with Gasteiger partial charge in [0.15, 0.2) is 5.76 Å². The lowest BCUT2D eigenvalue weighted by Crippen LogP contribution is -2.54. The maximum absolute atomic E-state index is 13.3. The molecule has 5 rings (SSSR count). The second kappa shape index (κ2) is 6.72. The molecule has 4 aliphatic rings. The van der Waals surface area contributed by atoms with E-state index >= 15 is 0 Å². The van der Waals surface area contributed by atoms with Gasteiger partial charge in [0.05, 0.1) is 6.04 Å². The van der Waals surface area contributed by atoms with Crippen LogP contribution in [0.2, 0.25) is 0 Å². The molecule has 1 atom stereocenters. The molecule has 0 aliphatic heterocycles. The third-order valence-corrected chi connectivity index (χ3v) is 6.70. The van der Waals surface area contributed by atoms with Gasteiger partial charge in [-0.2, -0.15) is 0 Å². The molecule has 6 heteroatoms. The number of carbonyl (C=O) groups excluding carboxylic acids is 2. The molecule has 26 heavy (non-hydrogen) atoms. The fourth-order valence-electron chi connectivity index (χ4n) is 5.99. The number of hydrogen-bond acceptors (Lipinski definition) is 4. The molecule has 0 aromatic carbocycles. The van der Waals surface area contributed by atoms with Crippen molar-refractivity contribution in [2.75, 3.05) is 0 Å². The normalized spacial score (nSPS) is 33.1. The van der Waals surface area contributed by atoms with Crippen LogP contribution in [0.3, 0.4) is 0 Å².